The number of amides is 1. The van der Waals surface area contributed by atoms with E-state index in [0.717, 1.165) is 46.6 Å². The van der Waals surface area contributed by atoms with Crippen molar-refractivity contribution in [2.75, 3.05) is 6.54 Å². The largest absolute Gasteiger partial charge is 0.457 e. The van der Waals surface area contributed by atoms with E-state index in [1.165, 1.54) is 32.1 Å². The summed E-state index contributed by atoms with van der Waals surface area (Å²) in [6.07, 6.45) is 11.4. The van der Waals surface area contributed by atoms with Crippen molar-refractivity contribution < 1.29 is 9.53 Å². The number of benzene rings is 1. The first kappa shape index (κ1) is 19.5. The smallest absolute Gasteiger partial charge is 0.220 e. The zero-order valence-corrected chi connectivity index (χ0v) is 17.0. The number of nitrogens with zero attached hydrogens (tertiary/aromatic N) is 1. The zero-order valence-electron chi connectivity index (χ0n) is 17.0. The van der Waals surface area contributed by atoms with Crippen molar-refractivity contribution in [3.63, 3.8) is 0 Å². The molecule has 5 nitrogen and oxygen atoms in total. The summed E-state index contributed by atoms with van der Waals surface area (Å²) in [6, 6.07) is 9.87. The highest BCUT2D eigenvalue weighted by Gasteiger charge is 2.14. The van der Waals surface area contributed by atoms with Crippen molar-refractivity contribution in [2.45, 2.75) is 51.9 Å². The Balaban J connectivity index is 1.28. The van der Waals surface area contributed by atoms with Crippen LogP contribution in [0.1, 0.15) is 49.7 Å². The van der Waals surface area contributed by atoms with Gasteiger partial charge in [-0.1, -0.05) is 31.4 Å². The number of H-pyrrole nitrogens is 1. The summed E-state index contributed by atoms with van der Waals surface area (Å²) < 4.78 is 6.08. The maximum atomic E-state index is 12.2. The zero-order chi connectivity index (χ0) is 20.1. The second kappa shape index (κ2) is 9.12. The van der Waals surface area contributed by atoms with Crippen LogP contribution in [0.25, 0.3) is 11.0 Å². The molecule has 0 unspecified atom stereocenters. The van der Waals surface area contributed by atoms with E-state index in [2.05, 4.69) is 15.3 Å². The van der Waals surface area contributed by atoms with E-state index >= 15 is 0 Å². The third kappa shape index (κ3) is 4.97. The van der Waals surface area contributed by atoms with Gasteiger partial charge in [0.15, 0.2) is 0 Å². The fourth-order valence-electron chi connectivity index (χ4n) is 4.12. The number of pyridine rings is 1. The van der Waals surface area contributed by atoms with Crippen LogP contribution in [0, 0.1) is 12.8 Å². The van der Waals surface area contributed by atoms with E-state index in [1.807, 2.05) is 43.5 Å². The molecule has 3 aromatic rings. The number of fused-ring (bicyclic) bond motifs is 1. The molecule has 0 spiro atoms. The number of carbonyl (C=O) groups excluding carboxylic acids is 1. The van der Waals surface area contributed by atoms with Gasteiger partial charge < -0.3 is 15.0 Å². The normalized spacial score (nSPS) is 14.8. The highest BCUT2D eigenvalue weighted by atomic mass is 16.5. The minimum Gasteiger partial charge on any atom is -0.457 e. The summed E-state index contributed by atoms with van der Waals surface area (Å²) in [4.78, 5) is 19.6. The molecule has 2 heterocycles. The van der Waals surface area contributed by atoms with Gasteiger partial charge in [0.1, 0.15) is 17.1 Å². The average Bonchev–Trinajstić information content (AvgIpc) is 3.14. The van der Waals surface area contributed by atoms with Crippen molar-refractivity contribution in [3.8, 4) is 11.5 Å². The molecule has 2 N–H and O–H groups in total. The summed E-state index contributed by atoms with van der Waals surface area (Å²) in [5, 5.41) is 4.12. The molecular weight excluding hydrogens is 362 g/mol. The molecule has 0 saturated heterocycles. The minimum absolute atomic E-state index is 0.151. The number of aromatic nitrogens is 2. The molecule has 152 valence electrons. The first-order chi connectivity index (χ1) is 14.2. The lowest BCUT2D eigenvalue weighted by atomic mass is 9.89. The Labute approximate surface area is 171 Å². The Kier molecular flexibility index (Phi) is 6.13. The number of nitrogens with one attached hydrogen (secondary N) is 2. The number of ether oxygens (including phenoxy) is 1. The Bertz CT molecular complexity index is 956. The SMILES string of the molecule is Cc1c[nH]c2nccc(Oc3ccc(CCC(=O)NCC4CCCCC4)cc3)c12. The number of carbonyl (C=O) groups is 1. The van der Waals surface area contributed by atoms with Gasteiger partial charge in [0.25, 0.3) is 0 Å². The predicted octanol–water partition coefficient (Wildman–Crippen LogP) is 5.29. The second-order valence-electron chi connectivity index (χ2n) is 8.06. The van der Waals surface area contributed by atoms with Crippen molar-refractivity contribution >= 4 is 16.9 Å². The number of aryl methyl sites for hydroxylation is 2. The van der Waals surface area contributed by atoms with Crippen LogP contribution in [0.15, 0.2) is 42.7 Å². The van der Waals surface area contributed by atoms with Crippen molar-refractivity contribution in [1.29, 1.82) is 0 Å². The van der Waals surface area contributed by atoms with E-state index in [1.54, 1.807) is 6.20 Å². The quantitative estimate of drug-likeness (QED) is 0.575. The monoisotopic (exact) mass is 391 g/mol. The summed E-state index contributed by atoms with van der Waals surface area (Å²) >= 11 is 0. The van der Waals surface area contributed by atoms with Crippen LogP contribution in [-0.4, -0.2) is 22.4 Å². The predicted molar refractivity (Wildman–Crippen MR) is 115 cm³/mol. The van der Waals surface area contributed by atoms with Gasteiger partial charge in [-0.05, 0) is 61.4 Å². The van der Waals surface area contributed by atoms with Gasteiger partial charge in [0, 0.05) is 25.4 Å². The Hall–Kier alpha value is -2.82. The molecule has 2 aromatic heterocycles. The number of hydrogen-bond acceptors (Lipinski definition) is 3. The molecule has 5 heteroatoms. The first-order valence-corrected chi connectivity index (χ1v) is 10.7. The molecular formula is C24H29N3O2. The van der Waals surface area contributed by atoms with E-state index in [9.17, 15) is 4.79 Å². The summed E-state index contributed by atoms with van der Waals surface area (Å²) in [7, 11) is 0. The molecule has 1 saturated carbocycles. The molecule has 0 radical (unpaired) electrons. The molecule has 1 fully saturated rings. The van der Waals surface area contributed by atoms with E-state index in [-0.39, 0.29) is 5.91 Å². The Morgan fingerprint density at radius 3 is 2.76 bits per heavy atom. The fraction of sp³-hybridized carbons (Fsp3) is 0.417. The van der Waals surface area contributed by atoms with Crippen LogP contribution < -0.4 is 10.1 Å². The lowest BCUT2D eigenvalue weighted by molar-refractivity contribution is -0.121. The van der Waals surface area contributed by atoms with Gasteiger partial charge in [-0.2, -0.15) is 0 Å². The molecule has 1 aromatic carbocycles. The molecule has 4 rings (SSSR count). The van der Waals surface area contributed by atoms with Crippen LogP contribution in [0.2, 0.25) is 0 Å². The van der Waals surface area contributed by atoms with E-state index in [0.29, 0.717) is 12.3 Å². The molecule has 1 aliphatic rings. The van der Waals surface area contributed by atoms with Gasteiger partial charge in [-0.15, -0.1) is 0 Å². The molecule has 1 aliphatic carbocycles. The fourth-order valence-corrected chi connectivity index (χ4v) is 4.12. The molecule has 1 amide bonds. The highest BCUT2D eigenvalue weighted by molar-refractivity contribution is 5.86. The molecule has 0 atom stereocenters. The van der Waals surface area contributed by atoms with Gasteiger partial charge >= 0.3 is 0 Å². The molecule has 0 aliphatic heterocycles. The number of aromatic amines is 1. The van der Waals surface area contributed by atoms with Crippen molar-refractivity contribution in [1.82, 2.24) is 15.3 Å². The van der Waals surface area contributed by atoms with Crippen LogP contribution in [0.4, 0.5) is 0 Å². The third-order valence-electron chi connectivity index (χ3n) is 5.84. The van der Waals surface area contributed by atoms with Gasteiger partial charge in [0.2, 0.25) is 5.91 Å². The summed E-state index contributed by atoms with van der Waals surface area (Å²) in [6.45, 7) is 2.88. The summed E-state index contributed by atoms with van der Waals surface area (Å²) in [5.74, 6) is 2.40. The Morgan fingerprint density at radius 1 is 1.17 bits per heavy atom. The molecule has 0 bridgehead atoms. The van der Waals surface area contributed by atoms with Gasteiger partial charge in [0.05, 0.1) is 5.39 Å². The highest BCUT2D eigenvalue weighted by Crippen LogP contribution is 2.31. The standard InChI is InChI=1S/C24H29N3O2/c1-17-15-27-24-23(17)21(13-14-25-24)29-20-10-7-18(8-11-20)9-12-22(28)26-16-19-5-3-2-4-6-19/h7-8,10-11,13-15,19H,2-6,9,12,16H2,1H3,(H,25,27)(H,26,28). The first-order valence-electron chi connectivity index (χ1n) is 10.7. The topological polar surface area (TPSA) is 67.0 Å². The average molecular weight is 392 g/mol. The van der Waals surface area contributed by atoms with E-state index in [4.69, 9.17) is 4.74 Å². The van der Waals surface area contributed by atoms with Gasteiger partial charge in [-0.3, -0.25) is 4.79 Å². The summed E-state index contributed by atoms with van der Waals surface area (Å²) in [5.41, 5.74) is 3.08. The second-order valence-corrected chi connectivity index (χ2v) is 8.06. The van der Waals surface area contributed by atoms with Crippen molar-refractivity contribution in [3.05, 3.63) is 53.9 Å². The van der Waals surface area contributed by atoms with Crippen LogP contribution >= 0.6 is 0 Å². The number of hydrogen-bond donors (Lipinski definition) is 2. The van der Waals surface area contributed by atoms with Crippen molar-refractivity contribution in [2.24, 2.45) is 5.92 Å². The van der Waals surface area contributed by atoms with Gasteiger partial charge in [-0.25, -0.2) is 4.98 Å². The maximum absolute atomic E-state index is 12.2. The lowest BCUT2D eigenvalue weighted by Crippen LogP contribution is -2.30. The van der Waals surface area contributed by atoms with Crippen LogP contribution in [-0.2, 0) is 11.2 Å². The maximum Gasteiger partial charge on any atom is 0.220 e. The van der Waals surface area contributed by atoms with E-state index < -0.39 is 0 Å². The van der Waals surface area contributed by atoms with Crippen LogP contribution in [0.5, 0.6) is 11.5 Å². The van der Waals surface area contributed by atoms with Crippen LogP contribution in [0.3, 0.4) is 0 Å². The minimum atomic E-state index is 0.151. The third-order valence-corrected chi connectivity index (χ3v) is 5.84. The number of rotatable bonds is 7. The molecule has 29 heavy (non-hydrogen) atoms. The lowest BCUT2D eigenvalue weighted by Gasteiger charge is -2.21. The Morgan fingerprint density at radius 2 is 1.97 bits per heavy atom.